The van der Waals surface area contributed by atoms with Gasteiger partial charge in [0.25, 0.3) is 0 Å². The molecule has 1 aromatic carbocycles. The first-order valence-electron chi connectivity index (χ1n) is 6.85. The first-order valence-corrected chi connectivity index (χ1v) is 6.85. The van der Waals surface area contributed by atoms with Gasteiger partial charge in [-0.3, -0.25) is 4.90 Å². The summed E-state index contributed by atoms with van der Waals surface area (Å²) in [6.07, 6.45) is 5.68. The van der Waals surface area contributed by atoms with E-state index >= 15 is 0 Å². The summed E-state index contributed by atoms with van der Waals surface area (Å²) >= 11 is 0. The summed E-state index contributed by atoms with van der Waals surface area (Å²) < 4.78 is 4.93. The highest BCUT2D eigenvalue weighted by Crippen LogP contribution is 2.26. The van der Waals surface area contributed by atoms with Gasteiger partial charge >= 0.3 is 0 Å². The van der Waals surface area contributed by atoms with Gasteiger partial charge in [-0.15, -0.1) is 0 Å². The molecule has 1 aromatic heterocycles. The van der Waals surface area contributed by atoms with E-state index in [2.05, 4.69) is 28.3 Å². The third-order valence-electron chi connectivity index (χ3n) is 3.69. The van der Waals surface area contributed by atoms with E-state index in [-0.39, 0.29) is 0 Å². The van der Waals surface area contributed by atoms with Gasteiger partial charge in [0.2, 0.25) is 5.88 Å². The topological polar surface area (TPSA) is 55.3 Å². The number of hydrogen-bond acceptors (Lipinski definition) is 4. The minimum atomic E-state index is 0.384. The molecule has 0 aliphatic carbocycles. The molecular formula is C15H19N3O. The molecule has 1 fully saturated rings. The lowest BCUT2D eigenvalue weighted by molar-refractivity contribution is 0.221. The SMILES string of the molecule is Nc1oncc1-c1cccc(CN2CCCCC2)c1. The first kappa shape index (κ1) is 12.2. The largest absolute Gasteiger partial charge is 0.367 e. The first-order chi connectivity index (χ1) is 9.33. The fourth-order valence-electron chi connectivity index (χ4n) is 2.68. The molecule has 0 bridgehead atoms. The van der Waals surface area contributed by atoms with Crippen LogP contribution < -0.4 is 5.73 Å². The summed E-state index contributed by atoms with van der Waals surface area (Å²) in [6, 6.07) is 8.46. The molecule has 0 radical (unpaired) electrons. The van der Waals surface area contributed by atoms with E-state index in [1.165, 1.54) is 37.9 Å². The Morgan fingerprint density at radius 1 is 1.21 bits per heavy atom. The molecule has 0 saturated carbocycles. The Hall–Kier alpha value is -1.81. The zero-order valence-corrected chi connectivity index (χ0v) is 11.0. The molecule has 2 N–H and O–H groups in total. The van der Waals surface area contributed by atoms with Crippen LogP contribution in [-0.4, -0.2) is 23.1 Å². The van der Waals surface area contributed by atoms with Crippen LogP contribution in [0.4, 0.5) is 5.88 Å². The summed E-state index contributed by atoms with van der Waals surface area (Å²) in [4.78, 5) is 2.51. The number of nitrogen functional groups attached to an aromatic ring is 1. The minimum Gasteiger partial charge on any atom is -0.367 e. The quantitative estimate of drug-likeness (QED) is 0.918. The van der Waals surface area contributed by atoms with Crippen molar-refractivity contribution in [2.75, 3.05) is 18.8 Å². The van der Waals surface area contributed by atoms with Crippen molar-refractivity contribution in [3.63, 3.8) is 0 Å². The number of hydrogen-bond donors (Lipinski definition) is 1. The van der Waals surface area contributed by atoms with Gasteiger partial charge in [0.05, 0.1) is 11.8 Å². The average Bonchev–Trinajstić information content (AvgIpc) is 2.86. The second kappa shape index (κ2) is 5.45. The number of nitrogens with zero attached hydrogens (tertiary/aromatic N) is 2. The Morgan fingerprint density at radius 3 is 2.79 bits per heavy atom. The number of anilines is 1. The van der Waals surface area contributed by atoms with Crippen molar-refractivity contribution in [2.24, 2.45) is 0 Å². The molecule has 0 unspecified atom stereocenters. The summed E-state index contributed by atoms with van der Waals surface area (Å²) in [5, 5.41) is 3.73. The number of nitrogens with two attached hydrogens (primary N) is 1. The maximum absolute atomic E-state index is 5.77. The number of piperidine rings is 1. The maximum atomic E-state index is 5.77. The van der Waals surface area contributed by atoms with Crippen molar-refractivity contribution < 1.29 is 4.52 Å². The van der Waals surface area contributed by atoms with Gasteiger partial charge in [-0.05, 0) is 43.1 Å². The molecule has 19 heavy (non-hydrogen) atoms. The van der Waals surface area contributed by atoms with Crippen LogP contribution in [0.25, 0.3) is 11.1 Å². The summed E-state index contributed by atoms with van der Waals surface area (Å²) in [6.45, 7) is 3.43. The van der Waals surface area contributed by atoms with Crippen LogP contribution in [0.15, 0.2) is 35.0 Å². The van der Waals surface area contributed by atoms with Gasteiger partial charge in [0.15, 0.2) is 0 Å². The number of aromatic nitrogens is 1. The van der Waals surface area contributed by atoms with E-state index in [1.54, 1.807) is 6.20 Å². The van der Waals surface area contributed by atoms with Crippen LogP contribution in [0.3, 0.4) is 0 Å². The molecule has 1 aliphatic heterocycles. The lowest BCUT2D eigenvalue weighted by Gasteiger charge is -2.26. The van der Waals surface area contributed by atoms with E-state index in [0.29, 0.717) is 5.88 Å². The molecule has 2 aromatic rings. The lowest BCUT2D eigenvalue weighted by Crippen LogP contribution is -2.29. The van der Waals surface area contributed by atoms with Gasteiger partial charge in [0.1, 0.15) is 0 Å². The molecule has 0 atom stereocenters. The number of rotatable bonds is 3. The van der Waals surface area contributed by atoms with Crippen molar-refractivity contribution in [3.8, 4) is 11.1 Å². The normalized spacial score (nSPS) is 16.6. The lowest BCUT2D eigenvalue weighted by atomic mass is 10.0. The number of benzene rings is 1. The van der Waals surface area contributed by atoms with Crippen LogP contribution in [-0.2, 0) is 6.54 Å². The molecule has 1 aliphatic rings. The maximum Gasteiger partial charge on any atom is 0.229 e. The molecule has 100 valence electrons. The standard InChI is InChI=1S/C15H19N3O/c16-15-14(10-17-19-15)13-6-4-5-12(9-13)11-18-7-2-1-3-8-18/h4-6,9-10H,1-3,7-8,11,16H2. The van der Waals surface area contributed by atoms with Crippen LogP contribution in [0.1, 0.15) is 24.8 Å². The molecule has 4 nitrogen and oxygen atoms in total. The van der Waals surface area contributed by atoms with Crippen molar-refractivity contribution in [1.82, 2.24) is 10.1 Å². The Labute approximate surface area is 113 Å². The number of likely N-dealkylation sites (tertiary alicyclic amines) is 1. The monoisotopic (exact) mass is 257 g/mol. The van der Waals surface area contributed by atoms with Crippen LogP contribution in [0.5, 0.6) is 0 Å². The molecule has 2 heterocycles. The molecule has 0 spiro atoms. The van der Waals surface area contributed by atoms with Crippen molar-refractivity contribution >= 4 is 5.88 Å². The van der Waals surface area contributed by atoms with Gasteiger partial charge in [-0.1, -0.05) is 29.8 Å². The van der Waals surface area contributed by atoms with Crippen LogP contribution in [0, 0.1) is 0 Å². The summed E-state index contributed by atoms with van der Waals surface area (Å²) in [5.74, 6) is 0.384. The predicted molar refractivity (Wildman–Crippen MR) is 75.5 cm³/mol. The fourth-order valence-corrected chi connectivity index (χ4v) is 2.68. The van der Waals surface area contributed by atoms with E-state index in [4.69, 9.17) is 10.3 Å². The Morgan fingerprint density at radius 2 is 2.05 bits per heavy atom. The molecule has 0 amide bonds. The zero-order chi connectivity index (χ0) is 13.1. The van der Waals surface area contributed by atoms with E-state index in [9.17, 15) is 0 Å². The van der Waals surface area contributed by atoms with Crippen molar-refractivity contribution in [1.29, 1.82) is 0 Å². The van der Waals surface area contributed by atoms with E-state index in [1.807, 2.05) is 6.07 Å². The highest BCUT2D eigenvalue weighted by atomic mass is 16.5. The second-order valence-corrected chi connectivity index (χ2v) is 5.14. The van der Waals surface area contributed by atoms with Gasteiger partial charge in [-0.25, -0.2) is 0 Å². The summed E-state index contributed by atoms with van der Waals surface area (Å²) in [5.41, 5.74) is 9.04. The third-order valence-corrected chi connectivity index (χ3v) is 3.69. The van der Waals surface area contributed by atoms with Gasteiger partial charge in [-0.2, -0.15) is 0 Å². The Balaban J connectivity index is 1.78. The van der Waals surface area contributed by atoms with Crippen LogP contribution in [0.2, 0.25) is 0 Å². The molecule has 1 saturated heterocycles. The van der Waals surface area contributed by atoms with Gasteiger partial charge in [0, 0.05) is 6.54 Å². The Kier molecular flexibility index (Phi) is 3.51. The van der Waals surface area contributed by atoms with Crippen molar-refractivity contribution in [2.45, 2.75) is 25.8 Å². The highest BCUT2D eigenvalue weighted by Gasteiger charge is 2.12. The molecular weight excluding hydrogens is 238 g/mol. The summed E-state index contributed by atoms with van der Waals surface area (Å²) in [7, 11) is 0. The van der Waals surface area contributed by atoms with Crippen molar-refractivity contribution in [3.05, 3.63) is 36.0 Å². The van der Waals surface area contributed by atoms with E-state index in [0.717, 1.165) is 17.7 Å². The van der Waals surface area contributed by atoms with Crippen LogP contribution >= 0.6 is 0 Å². The smallest absolute Gasteiger partial charge is 0.229 e. The second-order valence-electron chi connectivity index (χ2n) is 5.14. The molecule has 4 heteroatoms. The third kappa shape index (κ3) is 2.79. The highest BCUT2D eigenvalue weighted by molar-refractivity contribution is 5.72. The average molecular weight is 257 g/mol. The van der Waals surface area contributed by atoms with Gasteiger partial charge < -0.3 is 10.3 Å². The van der Waals surface area contributed by atoms with E-state index < -0.39 is 0 Å². The minimum absolute atomic E-state index is 0.384. The Bertz CT molecular complexity index is 544. The molecule has 3 rings (SSSR count). The predicted octanol–water partition coefficient (Wildman–Crippen LogP) is 2.91. The zero-order valence-electron chi connectivity index (χ0n) is 11.0. The fraction of sp³-hybridized carbons (Fsp3) is 0.400.